The summed E-state index contributed by atoms with van der Waals surface area (Å²) < 4.78 is 30.2. The highest BCUT2D eigenvalue weighted by atomic mass is 32.2. The lowest BCUT2D eigenvalue weighted by atomic mass is 9.86. The molecule has 6 heteroatoms. The van der Waals surface area contributed by atoms with Crippen molar-refractivity contribution in [1.29, 1.82) is 0 Å². The van der Waals surface area contributed by atoms with Crippen molar-refractivity contribution in [1.82, 2.24) is 4.72 Å². The molecule has 0 rings (SSSR count). The molecule has 0 aliphatic rings. The van der Waals surface area contributed by atoms with Crippen LogP contribution in [0.1, 0.15) is 41.5 Å². The molecule has 0 unspecified atom stereocenters. The van der Waals surface area contributed by atoms with Crippen LogP contribution in [0.5, 0.6) is 0 Å². The second-order valence-corrected chi connectivity index (χ2v) is 8.14. The van der Waals surface area contributed by atoms with Gasteiger partial charge in [0.1, 0.15) is 0 Å². The Kier molecular flexibility index (Phi) is 4.76. The van der Waals surface area contributed by atoms with Gasteiger partial charge in [-0.1, -0.05) is 0 Å². The number of rotatable bonds is 4. The molecule has 17 heavy (non-hydrogen) atoms. The predicted octanol–water partition coefficient (Wildman–Crippen LogP) is 1.29. The molecular formula is C11H23NO4S. The molecule has 0 aromatic heterocycles. The van der Waals surface area contributed by atoms with E-state index in [4.69, 9.17) is 0 Å². The van der Waals surface area contributed by atoms with Crippen LogP contribution in [0.25, 0.3) is 0 Å². The fourth-order valence-electron chi connectivity index (χ4n) is 0.997. The average Bonchev–Trinajstić information content (AvgIpc) is 2.13. The average molecular weight is 265 g/mol. The summed E-state index contributed by atoms with van der Waals surface area (Å²) in [5.41, 5.74) is -0.910. The number of methoxy groups -OCH3 is 1. The quantitative estimate of drug-likeness (QED) is 0.777. The van der Waals surface area contributed by atoms with E-state index in [2.05, 4.69) is 9.46 Å². The number of sulfonamides is 1. The fraction of sp³-hybridized carbons (Fsp3) is 0.909. The first-order valence-corrected chi connectivity index (χ1v) is 6.95. The Morgan fingerprint density at radius 3 is 1.88 bits per heavy atom. The minimum atomic E-state index is -3.48. The van der Waals surface area contributed by atoms with Gasteiger partial charge in [-0.3, -0.25) is 4.79 Å². The Hall–Kier alpha value is -0.620. The molecule has 1 N–H and O–H groups in total. The Morgan fingerprint density at radius 1 is 1.18 bits per heavy atom. The molecule has 0 aromatic carbocycles. The van der Waals surface area contributed by atoms with Gasteiger partial charge in [-0.05, 0) is 41.5 Å². The van der Waals surface area contributed by atoms with Gasteiger partial charge in [-0.25, -0.2) is 13.1 Å². The lowest BCUT2D eigenvalue weighted by Crippen LogP contribution is -2.51. The smallest absolute Gasteiger partial charge is 0.312 e. The summed E-state index contributed by atoms with van der Waals surface area (Å²) in [7, 11) is -2.19. The summed E-state index contributed by atoms with van der Waals surface area (Å²) in [5, 5.41) is 0. The summed E-state index contributed by atoms with van der Waals surface area (Å²) >= 11 is 0. The van der Waals surface area contributed by atoms with Crippen molar-refractivity contribution >= 4 is 16.0 Å². The Balaban J connectivity index is 5.01. The van der Waals surface area contributed by atoms with Gasteiger partial charge in [-0.15, -0.1) is 0 Å². The van der Waals surface area contributed by atoms with Gasteiger partial charge >= 0.3 is 5.97 Å². The predicted molar refractivity (Wildman–Crippen MR) is 67.1 cm³/mol. The zero-order valence-corrected chi connectivity index (χ0v) is 12.4. The maximum Gasteiger partial charge on any atom is 0.312 e. The molecule has 0 amide bonds. The second kappa shape index (κ2) is 4.94. The fourth-order valence-corrected chi connectivity index (χ4v) is 2.11. The number of ether oxygens (including phenoxy) is 1. The van der Waals surface area contributed by atoms with Gasteiger partial charge < -0.3 is 4.74 Å². The first-order valence-electron chi connectivity index (χ1n) is 5.46. The summed E-state index contributed by atoms with van der Waals surface area (Å²) in [6.07, 6.45) is 0. The van der Waals surface area contributed by atoms with Gasteiger partial charge in [0.25, 0.3) is 0 Å². The van der Waals surface area contributed by atoms with Crippen molar-refractivity contribution < 1.29 is 17.9 Å². The third-order valence-electron chi connectivity index (χ3n) is 2.93. The first kappa shape index (κ1) is 16.4. The SMILES string of the molecule is COC(=O)C(C)(C)[C@@H](C)NS(=O)(=O)C(C)(C)C. The molecule has 0 fully saturated rings. The summed E-state index contributed by atoms with van der Waals surface area (Å²) in [6, 6.07) is -0.542. The normalized spacial score (nSPS) is 15.5. The van der Waals surface area contributed by atoms with Gasteiger partial charge in [0.05, 0.1) is 17.3 Å². The van der Waals surface area contributed by atoms with E-state index in [-0.39, 0.29) is 0 Å². The molecule has 0 radical (unpaired) electrons. The number of carbonyl (C=O) groups is 1. The number of hydrogen-bond acceptors (Lipinski definition) is 4. The summed E-state index contributed by atoms with van der Waals surface area (Å²) in [6.45, 7) is 9.76. The number of carbonyl (C=O) groups excluding carboxylic acids is 1. The molecule has 1 atom stereocenters. The standard InChI is InChI=1S/C11H23NO4S/c1-8(11(5,6)9(13)16-7)12-17(14,15)10(2,3)4/h8,12H,1-7H3/t8-/m1/s1. The lowest BCUT2D eigenvalue weighted by molar-refractivity contribution is -0.151. The largest absolute Gasteiger partial charge is 0.469 e. The van der Waals surface area contributed by atoms with E-state index < -0.39 is 32.2 Å². The van der Waals surface area contributed by atoms with Crippen LogP contribution in [-0.2, 0) is 19.6 Å². The van der Waals surface area contributed by atoms with Crippen LogP contribution >= 0.6 is 0 Å². The highest BCUT2D eigenvalue weighted by Crippen LogP contribution is 2.24. The maximum atomic E-state index is 12.0. The van der Waals surface area contributed by atoms with E-state index in [1.807, 2.05) is 0 Å². The number of nitrogens with one attached hydrogen (secondary N) is 1. The zero-order valence-electron chi connectivity index (χ0n) is 11.6. The number of esters is 1. The minimum Gasteiger partial charge on any atom is -0.469 e. The molecular weight excluding hydrogens is 242 g/mol. The van der Waals surface area contributed by atoms with Crippen molar-refractivity contribution in [3.05, 3.63) is 0 Å². The zero-order chi connectivity index (χ0) is 14.1. The van der Waals surface area contributed by atoms with E-state index >= 15 is 0 Å². The van der Waals surface area contributed by atoms with Crippen molar-refractivity contribution in [2.75, 3.05) is 7.11 Å². The topological polar surface area (TPSA) is 72.5 Å². The maximum absolute atomic E-state index is 12.0. The van der Waals surface area contributed by atoms with E-state index in [1.54, 1.807) is 41.5 Å². The van der Waals surface area contributed by atoms with Crippen LogP contribution in [0.15, 0.2) is 0 Å². The second-order valence-electron chi connectivity index (χ2n) is 5.67. The molecule has 0 saturated heterocycles. The van der Waals surface area contributed by atoms with E-state index in [0.29, 0.717) is 0 Å². The highest BCUT2D eigenvalue weighted by Gasteiger charge is 2.40. The third-order valence-corrected chi connectivity index (χ3v) is 5.21. The molecule has 102 valence electrons. The minimum absolute atomic E-state index is 0.443. The Morgan fingerprint density at radius 2 is 1.59 bits per heavy atom. The molecule has 0 bridgehead atoms. The van der Waals surface area contributed by atoms with Gasteiger partial charge in [0, 0.05) is 6.04 Å². The van der Waals surface area contributed by atoms with Crippen molar-refractivity contribution in [2.24, 2.45) is 5.41 Å². The van der Waals surface area contributed by atoms with Gasteiger partial charge in [0.2, 0.25) is 10.0 Å². The van der Waals surface area contributed by atoms with E-state index in [9.17, 15) is 13.2 Å². The van der Waals surface area contributed by atoms with Crippen LogP contribution < -0.4 is 4.72 Å². The first-order chi connectivity index (χ1) is 7.36. The molecule has 0 saturated carbocycles. The Bertz CT molecular complexity index is 379. The van der Waals surface area contributed by atoms with Crippen molar-refractivity contribution in [2.45, 2.75) is 52.3 Å². The molecule has 0 aliphatic heterocycles. The summed E-state index contributed by atoms with van der Waals surface area (Å²) in [4.78, 5) is 11.6. The lowest BCUT2D eigenvalue weighted by Gasteiger charge is -2.31. The number of hydrogen-bond donors (Lipinski definition) is 1. The third kappa shape index (κ3) is 3.67. The molecule has 0 spiro atoms. The Labute approximate surface area is 104 Å². The van der Waals surface area contributed by atoms with Crippen LogP contribution in [0.2, 0.25) is 0 Å². The van der Waals surface area contributed by atoms with Gasteiger partial charge in [-0.2, -0.15) is 0 Å². The summed E-state index contributed by atoms with van der Waals surface area (Å²) in [5.74, 6) is -0.443. The van der Waals surface area contributed by atoms with Crippen molar-refractivity contribution in [3.8, 4) is 0 Å². The van der Waals surface area contributed by atoms with Gasteiger partial charge in [0.15, 0.2) is 0 Å². The highest BCUT2D eigenvalue weighted by molar-refractivity contribution is 7.90. The van der Waals surface area contributed by atoms with E-state index in [0.717, 1.165) is 0 Å². The molecule has 5 nitrogen and oxygen atoms in total. The van der Waals surface area contributed by atoms with Crippen LogP contribution in [0.4, 0.5) is 0 Å². The van der Waals surface area contributed by atoms with E-state index in [1.165, 1.54) is 7.11 Å². The van der Waals surface area contributed by atoms with Crippen LogP contribution in [0, 0.1) is 5.41 Å². The van der Waals surface area contributed by atoms with Crippen molar-refractivity contribution in [3.63, 3.8) is 0 Å². The molecule has 0 aliphatic carbocycles. The molecule has 0 aromatic rings. The van der Waals surface area contributed by atoms with Crippen LogP contribution in [-0.4, -0.2) is 32.3 Å². The van der Waals surface area contributed by atoms with Crippen LogP contribution in [0.3, 0.4) is 0 Å². The monoisotopic (exact) mass is 265 g/mol. The molecule has 0 heterocycles.